The average Bonchev–Trinajstić information content (AvgIpc) is 0.973. The van der Waals surface area contributed by atoms with Crippen LogP contribution in [0.4, 0.5) is 23.8 Å². The fourth-order valence-electron chi connectivity index (χ4n) is 17.0. The van der Waals surface area contributed by atoms with Gasteiger partial charge in [0.2, 0.25) is 29.5 Å². The number of piperidine rings is 5. The third-order valence-corrected chi connectivity index (χ3v) is 23.0. The second kappa shape index (κ2) is 42.0. The van der Waals surface area contributed by atoms with Crippen LogP contribution in [0, 0.1) is 12.3 Å². The van der Waals surface area contributed by atoms with E-state index in [4.69, 9.17) is 59.5 Å². The summed E-state index contributed by atoms with van der Waals surface area (Å²) in [7, 11) is 6.40. The Bertz CT molecular complexity index is 4720. The zero-order chi connectivity index (χ0) is 80.5. The minimum Gasteiger partial charge on any atom is -0.502 e. The lowest BCUT2D eigenvalue weighted by Gasteiger charge is -2.33. The Morgan fingerprint density at radius 3 is 1.17 bits per heavy atom. The number of nitrogens with zero attached hydrogens (tertiary/aromatic N) is 13. The number of anilines is 4. The van der Waals surface area contributed by atoms with Gasteiger partial charge in [-0.2, -0.15) is 0 Å². The zero-order valence-electron chi connectivity index (χ0n) is 67.8. The van der Waals surface area contributed by atoms with Crippen molar-refractivity contribution < 1.29 is 38.3 Å². The number of ether oxygens (including phenoxy) is 7. The number of rotatable bonds is 22. The number of aromatic amines is 4. The van der Waals surface area contributed by atoms with E-state index in [1.165, 1.54) is 31.8 Å². The van der Waals surface area contributed by atoms with Crippen LogP contribution in [-0.2, 0) is 35.7 Å². The number of aromatic hydroxyl groups is 1. The first-order valence-corrected chi connectivity index (χ1v) is 41.4. The number of nitrogens with one attached hydrogen (secondary N) is 4. The highest BCUT2D eigenvalue weighted by Gasteiger charge is 2.31. The largest absolute Gasteiger partial charge is 0.502 e. The molecule has 0 amide bonds. The minimum absolute atomic E-state index is 0.0161. The predicted octanol–water partition coefficient (Wildman–Crippen LogP) is 9.01. The van der Waals surface area contributed by atoms with Crippen molar-refractivity contribution in [3.8, 4) is 46.8 Å². The molecule has 8 saturated heterocycles. The molecule has 8 aromatic rings. The Hall–Kier alpha value is -10.4. The van der Waals surface area contributed by atoms with Gasteiger partial charge < -0.3 is 57.9 Å². The molecule has 8 aliphatic heterocycles. The summed E-state index contributed by atoms with van der Waals surface area (Å²) in [6.07, 6.45) is 23.4. The van der Waals surface area contributed by atoms with Crippen molar-refractivity contribution in [3.63, 3.8) is 0 Å². The van der Waals surface area contributed by atoms with Crippen LogP contribution < -0.4 is 65.5 Å². The molecule has 3 aromatic carbocycles. The first kappa shape index (κ1) is 83.6. The van der Waals surface area contributed by atoms with Crippen LogP contribution in [0.3, 0.4) is 0 Å². The molecular weight excluding hydrogens is 1480 g/mol. The standard InChI is InChI=1S/C25H32N4O3.C22H30N4O4.C21H28N4O3.C19H25N5O2/c1-3-14-32-22-10-9-19(15-23(22)31-2)17-28-11-7-8-20(18-28)21-16-24(30)27-25(26-21)29-12-5-4-6-13-29;1-29-18-10-15(11-19(30-2)21(18)28)13-25-7-5-6-16(14-25)17-12-20(27)24-22(23-17)26-8-3-4-9-26;1-27-18-6-2-4-16(12-18)14-24-7-3-5-17(15-24)19-13-20(26)23-21(22-19)25-8-10-28-11-9-25;25-18-12-17(21-19(22-18)24-8-10-26-11-9-24)16-2-1-7-23(14-16)13-15-3-5-20-6-4-15/h1,9-10,15-16,20H,4-8,11-14,17-18H2,2H3,(H,26,27,30);10-12,16,28H,3-9,13-14H2,1-2H3,(H,23,24,27);2,4,6,12-13,17H,3,5,7-11,14-15H2,1H3,(H,22,23,26);3-6,12,16H,1-2,7-11,13-14H2,(H,21,22,25). The van der Waals surface area contributed by atoms with Gasteiger partial charge in [-0.15, -0.1) is 6.42 Å². The second-order valence-electron chi connectivity index (χ2n) is 31.2. The first-order chi connectivity index (χ1) is 56.7. The summed E-state index contributed by atoms with van der Waals surface area (Å²) in [5.74, 6) is 9.40. The fraction of sp³-hybridized carbons (Fsp3) is 0.529. The van der Waals surface area contributed by atoms with Crippen molar-refractivity contribution in [1.82, 2.24) is 64.5 Å². The number of phenolic OH excluding ortho intramolecular Hbond substituents is 1. The molecule has 0 bridgehead atoms. The first-order valence-electron chi connectivity index (χ1n) is 41.4. The van der Waals surface area contributed by atoms with E-state index in [0.717, 1.165) is 247 Å². The molecule has 13 heterocycles. The van der Waals surface area contributed by atoms with Gasteiger partial charge >= 0.3 is 0 Å². The lowest BCUT2D eigenvalue weighted by atomic mass is 9.94. The number of terminal acetylenes is 1. The maximum absolute atomic E-state index is 12.4. The van der Waals surface area contributed by atoms with Gasteiger partial charge in [0.25, 0.3) is 22.2 Å². The Morgan fingerprint density at radius 1 is 0.405 bits per heavy atom. The summed E-state index contributed by atoms with van der Waals surface area (Å²) in [5, 5.41) is 10.1. The quantitative estimate of drug-likeness (QED) is 0.0395. The molecule has 0 spiro atoms. The van der Waals surface area contributed by atoms with Gasteiger partial charge in [0, 0.05) is 165 Å². The summed E-state index contributed by atoms with van der Waals surface area (Å²) in [6.45, 7) is 20.8. The molecule has 0 saturated carbocycles. The topological polar surface area (TPSA) is 307 Å². The Morgan fingerprint density at radius 2 is 0.776 bits per heavy atom. The molecule has 5 aromatic heterocycles. The average molecular weight is 1590 g/mol. The highest BCUT2D eigenvalue weighted by molar-refractivity contribution is 5.53. The Labute approximate surface area is 679 Å². The van der Waals surface area contributed by atoms with Crippen molar-refractivity contribution in [2.75, 3.05) is 186 Å². The van der Waals surface area contributed by atoms with Gasteiger partial charge in [0.05, 0.1) is 77.6 Å². The molecule has 116 heavy (non-hydrogen) atoms. The van der Waals surface area contributed by atoms with Crippen LogP contribution in [-0.4, -0.2) is 236 Å². The molecule has 4 atom stereocenters. The second-order valence-corrected chi connectivity index (χ2v) is 31.2. The molecule has 8 aliphatic rings. The summed E-state index contributed by atoms with van der Waals surface area (Å²) in [6, 6.07) is 28.7. The number of hydrogen-bond acceptors (Lipinski definition) is 25. The third kappa shape index (κ3) is 23.5. The Balaban J connectivity index is 0.000000135. The van der Waals surface area contributed by atoms with E-state index in [-0.39, 0.29) is 52.3 Å². The van der Waals surface area contributed by atoms with Gasteiger partial charge in [0.1, 0.15) is 12.4 Å². The predicted molar refractivity (Wildman–Crippen MR) is 448 cm³/mol. The van der Waals surface area contributed by atoms with Crippen molar-refractivity contribution in [2.45, 2.75) is 133 Å². The van der Waals surface area contributed by atoms with Crippen LogP contribution in [0.15, 0.2) is 123 Å². The summed E-state index contributed by atoms with van der Waals surface area (Å²) in [4.78, 5) is 102. The van der Waals surface area contributed by atoms with E-state index in [1.54, 1.807) is 38.5 Å². The number of morpholine rings is 2. The highest BCUT2D eigenvalue weighted by atomic mass is 16.5. The number of methoxy groups -OCH3 is 4. The molecule has 5 N–H and O–H groups in total. The normalized spacial score (nSPS) is 20.4. The molecule has 620 valence electrons. The molecule has 16 rings (SSSR count). The van der Waals surface area contributed by atoms with Gasteiger partial charge in [-0.1, -0.05) is 24.1 Å². The van der Waals surface area contributed by atoms with E-state index >= 15 is 0 Å². The maximum atomic E-state index is 12.4. The van der Waals surface area contributed by atoms with Gasteiger partial charge in [0.15, 0.2) is 23.0 Å². The van der Waals surface area contributed by atoms with Crippen molar-refractivity contribution in [3.05, 3.63) is 190 Å². The lowest BCUT2D eigenvalue weighted by Crippen LogP contribution is -2.39. The van der Waals surface area contributed by atoms with Crippen LogP contribution in [0.1, 0.15) is 152 Å². The molecule has 4 unspecified atom stereocenters. The van der Waals surface area contributed by atoms with Crippen molar-refractivity contribution in [2.24, 2.45) is 0 Å². The number of aromatic nitrogens is 9. The molecule has 29 nitrogen and oxygen atoms in total. The summed E-state index contributed by atoms with van der Waals surface area (Å²) >= 11 is 0. The van der Waals surface area contributed by atoms with E-state index in [0.29, 0.717) is 79.7 Å². The molecule has 0 aliphatic carbocycles. The number of likely N-dealkylation sites (tertiary alicyclic amines) is 4. The van der Waals surface area contributed by atoms with Crippen molar-refractivity contribution in [1.29, 1.82) is 0 Å². The number of benzene rings is 3. The van der Waals surface area contributed by atoms with Crippen LogP contribution in [0.25, 0.3) is 0 Å². The lowest BCUT2D eigenvalue weighted by molar-refractivity contribution is 0.122. The maximum Gasteiger partial charge on any atom is 0.252 e. The van der Waals surface area contributed by atoms with E-state index < -0.39 is 0 Å². The van der Waals surface area contributed by atoms with E-state index in [9.17, 15) is 24.3 Å². The van der Waals surface area contributed by atoms with Crippen molar-refractivity contribution >= 4 is 23.8 Å². The number of hydrogen-bond donors (Lipinski definition) is 5. The zero-order valence-corrected chi connectivity index (χ0v) is 67.8. The third-order valence-electron chi connectivity index (χ3n) is 23.0. The van der Waals surface area contributed by atoms with Crippen LogP contribution in [0.5, 0.6) is 34.5 Å². The smallest absolute Gasteiger partial charge is 0.252 e. The molecular formula is C87H115N17O12. The number of H-pyrrole nitrogens is 4. The molecule has 8 fully saturated rings. The molecule has 0 radical (unpaired) electrons. The molecule has 29 heteroatoms. The van der Waals surface area contributed by atoms with Gasteiger partial charge in [-0.3, -0.25) is 63.7 Å². The number of pyridine rings is 1. The monoisotopic (exact) mass is 1590 g/mol. The van der Waals surface area contributed by atoms with Gasteiger partial charge in [-0.25, -0.2) is 19.9 Å². The summed E-state index contributed by atoms with van der Waals surface area (Å²) < 4.78 is 37.7. The summed E-state index contributed by atoms with van der Waals surface area (Å²) in [5.41, 5.74) is 8.02. The SMILES string of the molecule is C#CCOc1ccc(CN2CCCC(c3cc(=O)[nH]c(N4CCCCC4)n3)C2)cc1OC.COc1cc(CN2CCCC(c3cc(=O)[nH]c(N4CCCC4)n3)C2)cc(OC)c1O.COc1cccc(CN2CCCC(c3cc(=O)[nH]c(N4CCOCC4)n3)C2)c1.O=c1cc(C2CCCN(Cc3ccncc3)C2)nc(N2CCOCC2)[nH]1. The van der Waals surface area contributed by atoms with E-state index in [2.05, 4.69) is 100 Å². The van der Waals surface area contributed by atoms with E-state index in [1.807, 2.05) is 48.8 Å². The van der Waals surface area contributed by atoms with Gasteiger partial charge in [-0.05, 0) is 180 Å². The fourth-order valence-corrected chi connectivity index (χ4v) is 17.0. The number of phenols is 1. The van der Waals surface area contributed by atoms with Crippen LogP contribution >= 0.6 is 0 Å². The Kier molecular flexibility index (Phi) is 30.3. The van der Waals surface area contributed by atoms with Crippen LogP contribution in [0.2, 0.25) is 0 Å². The minimum atomic E-state index is -0.0768. The highest BCUT2D eigenvalue weighted by Crippen LogP contribution is 2.39.